The van der Waals surface area contributed by atoms with Crippen LogP contribution in [0.1, 0.15) is 29.6 Å². The molecule has 0 atom stereocenters. The molecular formula is C12H17ClN4O2. The van der Waals surface area contributed by atoms with Gasteiger partial charge in [0.1, 0.15) is 11.0 Å². The van der Waals surface area contributed by atoms with Gasteiger partial charge in [-0.25, -0.2) is 4.98 Å². The Morgan fingerprint density at radius 3 is 2.74 bits per heavy atom. The molecule has 0 radical (unpaired) electrons. The number of aromatic nitrogens is 1. The van der Waals surface area contributed by atoms with Gasteiger partial charge in [0.05, 0.1) is 0 Å². The molecule has 2 amide bonds. The Labute approximate surface area is 116 Å². The van der Waals surface area contributed by atoms with Crippen LogP contribution >= 0.6 is 11.6 Å². The summed E-state index contributed by atoms with van der Waals surface area (Å²) < 4.78 is 0. The van der Waals surface area contributed by atoms with Crippen LogP contribution in [0.3, 0.4) is 0 Å². The van der Waals surface area contributed by atoms with E-state index in [0.717, 1.165) is 0 Å². The SMILES string of the molecule is CNc1cc(C(=O)NCCCCC(N)=O)cc(Cl)n1. The monoisotopic (exact) mass is 284 g/mol. The van der Waals surface area contributed by atoms with Gasteiger partial charge in [-0.15, -0.1) is 0 Å². The number of hydrogen-bond acceptors (Lipinski definition) is 4. The first kappa shape index (κ1) is 15.2. The largest absolute Gasteiger partial charge is 0.373 e. The normalized spacial score (nSPS) is 10.0. The van der Waals surface area contributed by atoms with Crippen LogP contribution in [-0.4, -0.2) is 30.4 Å². The lowest BCUT2D eigenvalue weighted by atomic mass is 10.2. The number of anilines is 1. The number of nitrogens with one attached hydrogen (secondary N) is 2. The smallest absolute Gasteiger partial charge is 0.251 e. The molecule has 0 aliphatic rings. The van der Waals surface area contributed by atoms with Crippen molar-refractivity contribution in [1.29, 1.82) is 0 Å². The van der Waals surface area contributed by atoms with E-state index in [0.29, 0.717) is 37.2 Å². The number of halogens is 1. The van der Waals surface area contributed by atoms with Gasteiger partial charge in [0, 0.05) is 25.6 Å². The van der Waals surface area contributed by atoms with E-state index in [2.05, 4.69) is 15.6 Å². The fourth-order valence-corrected chi connectivity index (χ4v) is 1.69. The fraction of sp³-hybridized carbons (Fsp3) is 0.417. The molecule has 104 valence electrons. The maximum absolute atomic E-state index is 11.8. The quantitative estimate of drug-likeness (QED) is 0.517. The summed E-state index contributed by atoms with van der Waals surface area (Å²) in [6, 6.07) is 3.12. The highest BCUT2D eigenvalue weighted by Crippen LogP contribution is 2.14. The summed E-state index contributed by atoms with van der Waals surface area (Å²) in [6.45, 7) is 0.487. The van der Waals surface area contributed by atoms with E-state index >= 15 is 0 Å². The molecule has 7 heteroatoms. The number of nitrogens with two attached hydrogens (primary N) is 1. The predicted octanol–water partition coefficient (Wildman–Crippen LogP) is 1.16. The number of primary amides is 1. The van der Waals surface area contributed by atoms with Crippen molar-refractivity contribution >= 4 is 29.2 Å². The molecule has 19 heavy (non-hydrogen) atoms. The summed E-state index contributed by atoms with van der Waals surface area (Å²) >= 11 is 5.81. The summed E-state index contributed by atoms with van der Waals surface area (Å²) in [4.78, 5) is 26.4. The number of carbonyl (C=O) groups excluding carboxylic acids is 2. The molecule has 0 unspecified atom stereocenters. The van der Waals surface area contributed by atoms with Crippen LogP contribution in [-0.2, 0) is 4.79 Å². The molecule has 4 N–H and O–H groups in total. The molecule has 0 fully saturated rings. The van der Waals surface area contributed by atoms with Crippen molar-refractivity contribution < 1.29 is 9.59 Å². The third kappa shape index (κ3) is 5.56. The molecule has 1 aromatic heterocycles. The molecule has 1 heterocycles. The summed E-state index contributed by atoms with van der Waals surface area (Å²) in [6.07, 6.45) is 1.70. The second-order valence-corrected chi connectivity index (χ2v) is 4.38. The Bertz CT molecular complexity index is 465. The standard InChI is InChI=1S/C12H17ClN4O2/c1-15-11-7-8(6-9(13)17-11)12(19)16-5-3-2-4-10(14)18/h6-7H,2-5H2,1H3,(H2,14,18)(H,15,17)(H,16,19). The Morgan fingerprint density at radius 2 is 2.11 bits per heavy atom. The van der Waals surface area contributed by atoms with Gasteiger partial charge in [0.15, 0.2) is 0 Å². The molecule has 0 aromatic carbocycles. The third-order valence-electron chi connectivity index (χ3n) is 2.45. The van der Waals surface area contributed by atoms with Gasteiger partial charge in [0.2, 0.25) is 5.91 Å². The molecule has 0 bridgehead atoms. The molecule has 6 nitrogen and oxygen atoms in total. The van der Waals surface area contributed by atoms with Gasteiger partial charge in [-0.3, -0.25) is 9.59 Å². The lowest BCUT2D eigenvalue weighted by Crippen LogP contribution is -2.25. The number of carbonyl (C=O) groups is 2. The lowest BCUT2D eigenvalue weighted by molar-refractivity contribution is -0.118. The Morgan fingerprint density at radius 1 is 1.37 bits per heavy atom. The summed E-state index contributed by atoms with van der Waals surface area (Å²) in [5.41, 5.74) is 5.46. The predicted molar refractivity (Wildman–Crippen MR) is 74.2 cm³/mol. The number of hydrogen-bond donors (Lipinski definition) is 3. The molecule has 0 spiro atoms. The van der Waals surface area contributed by atoms with Crippen LogP contribution in [0.15, 0.2) is 12.1 Å². The molecule has 0 saturated heterocycles. The summed E-state index contributed by atoms with van der Waals surface area (Å²) in [5.74, 6) is -0.0165. The second-order valence-electron chi connectivity index (χ2n) is 3.99. The fourth-order valence-electron chi connectivity index (χ4n) is 1.48. The van der Waals surface area contributed by atoms with Gasteiger partial charge >= 0.3 is 0 Å². The van der Waals surface area contributed by atoms with E-state index in [1.807, 2.05) is 0 Å². The average molecular weight is 285 g/mol. The van der Waals surface area contributed by atoms with Crippen molar-refractivity contribution in [2.24, 2.45) is 5.73 Å². The van der Waals surface area contributed by atoms with Crippen molar-refractivity contribution in [3.05, 3.63) is 22.8 Å². The second kappa shape index (κ2) is 7.58. The summed E-state index contributed by atoms with van der Waals surface area (Å²) in [5, 5.41) is 5.83. The van der Waals surface area contributed by atoms with E-state index in [4.69, 9.17) is 17.3 Å². The van der Waals surface area contributed by atoms with Crippen LogP contribution in [0.2, 0.25) is 5.15 Å². The Balaban J connectivity index is 2.45. The highest BCUT2D eigenvalue weighted by atomic mass is 35.5. The number of nitrogens with zero attached hydrogens (tertiary/aromatic N) is 1. The maximum atomic E-state index is 11.8. The minimum absolute atomic E-state index is 0.222. The highest BCUT2D eigenvalue weighted by Gasteiger charge is 2.08. The Kier molecular flexibility index (Phi) is 6.08. The third-order valence-corrected chi connectivity index (χ3v) is 2.64. The van der Waals surface area contributed by atoms with E-state index in [-0.39, 0.29) is 17.0 Å². The first-order valence-corrected chi connectivity index (χ1v) is 6.32. The average Bonchev–Trinajstić information content (AvgIpc) is 2.36. The van der Waals surface area contributed by atoms with Crippen molar-refractivity contribution in [1.82, 2.24) is 10.3 Å². The molecule has 1 aromatic rings. The summed E-state index contributed by atoms with van der Waals surface area (Å²) in [7, 11) is 1.70. The molecule has 1 rings (SSSR count). The van der Waals surface area contributed by atoms with Gasteiger partial charge in [0.25, 0.3) is 5.91 Å². The zero-order chi connectivity index (χ0) is 14.3. The minimum atomic E-state index is -0.328. The van der Waals surface area contributed by atoms with E-state index < -0.39 is 0 Å². The highest BCUT2D eigenvalue weighted by molar-refractivity contribution is 6.29. The lowest BCUT2D eigenvalue weighted by Gasteiger charge is -2.07. The first-order valence-electron chi connectivity index (χ1n) is 5.94. The zero-order valence-electron chi connectivity index (χ0n) is 10.7. The minimum Gasteiger partial charge on any atom is -0.373 e. The van der Waals surface area contributed by atoms with Gasteiger partial charge in [-0.2, -0.15) is 0 Å². The topological polar surface area (TPSA) is 97.1 Å². The number of pyridine rings is 1. The zero-order valence-corrected chi connectivity index (χ0v) is 11.5. The van der Waals surface area contributed by atoms with Crippen LogP contribution in [0.5, 0.6) is 0 Å². The van der Waals surface area contributed by atoms with Crippen LogP contribution in [0.4, 0.5) is 5.82 Å². The van der Waals surface area contributed by atoms with Crippen molar-refractivity contribution in [2.75, 3.05) is 18.9 Å². The number of unbranched alkanes of at least 4 members (excludes halogenated alkanes) is 1. The maximum Gasteiger partial charge on any atom is 0.251 e. The van der Waals surface area contributed by atoms with Gasteiger partial charge in [-0.05, 0) is 25.0 Å². The molecule has 0 saturated carbocycles. The van der Waals surface area contributed by atoms with E-state index in [9.17, 15) is 9.59 Å². The van der Waals surface area contributed by atoms with Crippen molar-refractivity contribution in [3.63, 3.8) is 0 Å². The van der Waals surface area contributed by atoms with Crippen molar-refractivity contribution in [2.45, 2.75) is 19.3 Å². The molecular weight excluding hydrogens is 268 g/mol. The van der Waals surface area contributed by atoms with Crippen LogP contribution in [0, 0.1) is 0 Å². The van der Waals surface area contributed by atoms with E-state index in [1.54, 1.807) is 13.1 Å². The number of amides is 2. The van der Waals surface area contributed by atoms with Crippen LogP contribution < -0.4 is 16.4 Å². The van der Waals surface area contributed by atoms with E-state index in [1.165, 1.54) is 6.07 Å². The molecule has 0 aliphatic carbocycles. The Hall–Kier alpha value is -1.82. The van der Waals surface area contributed by atoms with Gasteiger partial charge < -0.3 is 16.4 Å². The number of rotatable bonds is 7. The van der Waals surface area contributed by atoms with Crippen molar-refractivity contribution in [3.8, 4) is 0 Å². The van der Waals surface area contributed by atoms with Gasteiger partial charge in [-0.1, -0.05) is 11.6 Å². The first-order chi connectivity index (χ1) is 9.02. The van der Waals surface area contributed by atoms with Crippen LogP contribution in [0.25, 0.3) is 0 Å². The molecule has 0 aliphatic heterocycles.